The van der Waals surface area contributed by atoms with Crippen LogP contribution in [-0.2, 0) is 0 Å². The fourth-order valence-electron chi connectivity index (χ4n) is 1.86. The molecule has 2 nitrogen and oxygen atoms in total. The van der Waals surface area contributed by atoms with Crippen LogP contribution in [0.3, 0.4) is 0 Å². The largest absolute Gasteiger partial charge is 0.492 e. The Morgan fingerprint density at radius 1 is 1.26 bits per heavy atom. The minimum Gasteiger partial charge on any atom is -0.492 e. The summed E-state index contributed by atoms with van der Waals surface area (Å²) >= 11 is 0. The smallest absolute Gasteiger partial charge is 0.126 e. The minimum absolute atomic E-state index is 0.137. The molecule has 0 heterocycles. The van der Waals surface area contributed by atoms with Crippen molar-refractivity contribution in [2.45, 2.75) is 34.1 Å². The Hall–Kier alpha value is -1.28. The highest BCUT2D eigenvalue weighted by molar-refractivity contribution is 5.56. The highest BCUT2D eigenvalue weighted by Crippen LogP contribution is 2.22. The molecular weight excluding hydrogens is 234 g/mol. The lowest BCUT2D eigenvalue weighted by molar-refractivity contribution is 0.176. The van der Waals surface area contributed by atoms with Gasteiger partial charge in [-0.2, -0.15) is 0 Å². The molecule has 1 rings (SSSR count). The topological polar surface area (TPSA) is 21.3 Å². The average Bonchev–Trinajstić information content (AvgIpc) is 2.38. The Morgan fingerprint density at radius 2 is 2.00 bits per heavy atom. The molecule has 0 atom stereocenters. The third-order valence-electron chi connectivity index (χ3n) is 2.91. The average molecular weight is 261 g/mol. The maximum absolute atomic E-state index is 5.99. The van der Waals surface area contributed by atoms with E-state index >= 15 is 0 Å². The molecule has 0 aliphatic carbocycles. The lowest BCUT2D eigenvalue weighted by atomic mass is 9.95. The van der Waals surface area contributed by atoms with Gasteiger partial charge in [0.15, 0.2) is 0 Å². The van der Waals surface area contributed by atoms with Crippen LogP contribution < -0.4 is 10.1 Å². The fraction of sp³-hybridized carbons (Fsp3) is 0.529. The highest BCUT2D eigenvalue weighted by Gasteiger charge is 2.18. The van der Waals surface area contributed by atoms with Gasteiger partial charge in [-0.1, -0.05) is 51.1 Å². The van der Waals surface area contributed by atoms with E-state index in [9.17, 15) is 0 Å². The quantitative estimate of drug-likeness (QED) is 0.711. The molecule has 0 bridgehead atoms. The molecule has 2 heteroatoms. The molecule has 0 spiro atoms. The van der Waals surface area contributed by atoms with Crippen molar-refractivity contribution in [3.8, 4) is 5.75 Å². The van der Waals surface area contributed by atoms with Crippen LogP contribution in [0.2, 0.25) is 0 Å². The summed E-state index contributed by atoms with van der Waals surface area (Å²) in [7, 11) is 0. The van der Waals surface area contributed by atoms with Gasteiger partial charge in [0, 0.05) is 17.5 Å². The monoisotopic (exact) mass is 261 g/mol. The molecule has 0 aliphatic heterocycles. The SMILES string of the molecule is CC=Cc1ccccc1OCC(C)(C)CNCCC. The number of benzene rings is 1. The molecule has 1 aromatic rings. The van der Waals surface area contributed by atoms with E-state index in [1.165, 1.54) is 6.42 Å². The van der Waals surface area contributed by atoms with E-state index in [4.69, 9.17) is 4.74 Å². The lowest BCUT2D eigenvalue weighted by Crippen LogP contribution is -2.34. The third kappa shape index (κ3) is 5.93. The van der Waals surface area contributed by atoms with Crippen LogP contribution >= 0.6 is 0 Å². The molecule has 0 aromatic heterocycles. The molecule has 1 N–H and O–H groups in total. The van der Waals surface area contributed by atoms with Gasteiger partial charge >= 0.3 is 0 Å². The Balaban J connectivity index is 2.55. The van der Waals surface area contributed by atoms with E-state index in [1.807, 2.05) is 31.2 Å². The van der Waals surface area contributed by atoms with Crippen molar-refractivity contribution in [3.05, 3.63) is 35.9 Å². The molecule has 0 radical (unpaired) electrons. The van der Waals surface area contributed by atoms with Crippen LogP contribution in [0.4, 0.5) is 0 Å². The van der Waals surface area contributed by atoms with Gasteiger partial charge in [-0.05, 0) is 26.0 Å². The van der Waals surface area contributed by atoms with Crippen LogP contribution in [-0.4, -0.2) is 19.7 Å². The predicted octanol–water partition coefficient (Wildman–Crippen LogP) is 4.12. The Bertz CT molecular complexity index is 396. The molecule has 0 amide bonds. The van der Waals surface area contributed by atoms with Crippen molar-refractivity contribution >= 4 is 6.08 Å². The molecule has 106 valence electrons. The Labute approximate surface area is 117 Å². The first-order valence-electron chi connectivity index (χ1n) is 7.14. The van der Waals surface area contributed by atoms with Gasteiger partial charge in [0.1, 0.15) is 5.75 Å². The molecule has 0 aliphatic rings. The molecule has 0 unspecified atom stereocenters. The van der Waals surface area contributed by atoms with Crippen LogP contribution in [0.25, 0.3) is 6.08 Å². The van der Waals surface area contributed by atoms with Gasteiger partial charge in [0.2, 0.25) is 0 Å². The van der Waals surface area contributed by atoms with Gasteiger partial charge in [-0.25, -0.2) is 0 Å². The first kappa shape index (κ1) is 15.8. The number of para-hydroxylation sites is 1. The number of ether oxygens (including phenoxy) is 1. The van der Waals surface area contributed by atoms with E-state index in [0.717, 1.165) is 31.0 Å². The zero-order chi connectivity index (χ0) is 14.1. The summed E-state index contributed by atoms with van der Waals surface area (Å²) < 4.78 is 5.99. The van der Waals surface area contributed by atoms with E-state index in [0.29, 0.717) is 0 Å². The lowest BCUT2D eigenvalue weighted by Gasteiger charge is -2.25. The molecule has 0 fully saturated rings. The summed E-state index contributed by atoms with van der Waals surface area (Å²) in [5, 5.41) is 3.46. The molecule has 0 saturated heterocycles. The predicted molar refractivity (Wildman–Crippen MR) is 83.6 cm³/mol. The normalized spacial score (nSPS) is 12.0. The first-order valence-corrected chi connectivity index (χ1v) is 7.14. The van der Waals surface area contributed by atoms with E-state index in [-0.39, 0.29) is 5.41 Å². The van der Waals surface area contributed by atoms with Crippen molar-refractivity contribution in [1.29, 1.82) is 0 Å². The Kier molecular flexibility index (Phi) is 6.65. The Morgan fingerprint density at radius 3 is 2.68 bits per heavy atom. The van der Waals surface area contributed by atoms with Gasteiger partial charge < -0.3 is 10.1 Å². The van der Waals surface area contributed by atoms with E-state index < -0.39 is 0 Å². The van der Waals surface area contributed by atoms with Crippen molar-refractivity contribution in [2.75, 3.05) is 19.7 Å². The second-order valence-corrected chi connectivity index (χ2v) is 5.67. The summed E-state index contributed by atoms with van der Waals surface area (Å²) in [4.78, 5) is 0. The molecule has 1 aromatic carbocycles. The molecule has 19 heavy (non-hydrogen) atoms. The number of hydrogen-bond donors (Lipinski definition) is 1. The van der Waals surface area contributed by atoms with Crippen molar-refractivity contribution in [2.24, 2.45) is 5.41 Å². The third-order valence-corrected chi connectivity index (χ3v) is 2.91. The zero-order valence-corrected chi connectivity index (χ0v) is 12.7. The van der Waals surface area contributed by atoms with E-state index in [2.05, 4.69) is 38.2 Å². The van der Waals surface area contributed by atoms with Crippen LogP contribution in [0.1, 0.15) is 39.7 Å². The zero-order valence-electron chi connectivity index (χ0n) is 12.7. The summed E-state index contributed by atoms with van der Waals surface area (Å²) in [6.07, 6.45) is 5.29. The maximum atomic E-state index is 5.99. The van der Waals surface area contributed by atoms with Crippen molar-refractivity contribution in [1.82, 2.24) is 5.32 Å². The van der Waals surface area contributed by atoms with Gasteiger partial charge in [-0.3, -0.25) is 0 Å². The van der Waals surface area contributed by atoms with Gasteiger partial charge in [-0.15, -0.1) is 0 Å². The van der Waals surface area contributed by atoms with Crippen LogP contribution in [0.15, 0.2) is 30.3 Å². The summed E-state index contributed by atoms with van der Waals surface area (Å²) in [5.74, 6) is 0.962. The van der Waals surface area contributed by atoms with Gasteiger partial charge in [0.05, 0.1) is 6.61 Å². The van der Waals surface area contributed by atoms with Crippen molar-refractivity contribution in [3.63, 3.8) is 0 Å². The number of hydrogen-bond acceptors (Lipinski definition) is 2. The number of rotatable bonds is 8. The number of allylic oxidation sites excluding steroid dienone is 1. The summed E-state index contributed by atoms with van der Waals surface area (Å²) in [5.41, 5.74) is 1.28. The standard InChI is InChI=1S/C17H27NO/c1-5-9-15-10-7-8-11-16(15)19-14-17(3,4)13-18-12-6-2/h5,7-11,18H,6,12-14H2,1-4H3. The second kappa shape index (κ2) is 8.00. The van der Waals surface area contributed by atoms with Crippen molar-refractivity contribution < 1.29 is 4.74 Å². The van der Waals surface area contributed by atoms with E-state index in [1.54, 1.807) is 0 Å². The number of nitrogens with one attached hydrogen (secondary N) is 1. The maximum Gasteiger partial charge on any atom is 0.126 e. The second-order valence-electron chi connectivity index (χ2n) is 5.67. The summed E-state index contributed by atoms with van der Waals surface area (Å²) in [6.45, 7) is 11.4. The molecular formula is C17H27NO. The summed E-state index contributed by atoms with van der Waals surface area (Å²) in [6, 6.07) is 8.17. The minimum atomic E-state index is 0.137. The first-order chi connectivity index (χ1) is 9.09. The highest BCUT2D eigenvalue weighted by atomic mass is 16.5. The van der Waals surface area contributed by atoms with Crippen LogP contribution in [0, 0.1) is 5.41 Å². The molecule has 0 saturated carbocycles. The van der Waals surface area contributed by atoms with Gasteiger partial charge in [0.25, 0.3) is 0 Å². The fourth-order valence-corrected chi connectivity index (χ4v) is 1.86. The van der Waals surface area contributed by atoms with Crippen LogP contribution in [0.5, 0.6) is 5.75 Å².